The third-order valence-corrected chi connectivity index (χ3v) is 3.69. The van der Waals surface area contributed by atoms with Gasteiger partial charge >= 0.3 is 6.03 Å². The summed E-state index contributed by atoms with van der Waals surface area (Å²) in [5.74, 6) is 1.64. The molecule has 2 amide bonds. The molecule has 1 aliphatic carbocycles. The molecule has 0 radical (unpaired) electrons. The average Bonchev–Trinajstić information content (AvgIpc) is 2.64. The molecule has 1 saturated heterocycles. The summed E-state index contributed by atoms with van der Waals surface area (Å²) in [6, 6.07) is 0.436. The summed E-state index contributed by atoms with van der Waals surface area (Å²) < 4.78 is 0. The van der Waals surface area contributed by atoms with Gasteiger partial charge in [0.2, 0.25) is 0 Å². The first-order valence-corrected chi connectivity index (χ1v) is 5.85. The fourth-order valence-electron chi connectivity index (χ4n) is 2.73. The minimum absolute atomic E-state index is 0.0457. The van der Waals surface area contributed by atoms with E-state index in [4.69, 9.17) is 0 Å². The largest absolute Gasteiger partial charge is 0.335 e. The van der Waals surface area contributed by atoms with E-state index in [9.17, 15) is 4.79 Å². The van der Waals surface area contributed by atoms with Gasteiger partial charge in [0.1, 0.15) is 0 Å². The number of nitrogens with zero attached hydrogens (tertiary/aromatic N) is 1. The highest BCUT2D eigenvalue weighted by molar-refractivity contribution is 5.73. The minimum atomic E-state index is 0.0457. The van der Waals surface area contributed by atoms with Crippen molar-refractivity contribution in [3.05, 3.63) is 0 Å². The molecule has 2 rings (SSSR count). The van der Waals surface area contributed by atoms with Gasteiger partial charge in [-0.15, -0.1) is 0 Å². The zero-order valence-electron chi connectivity index (χ0n) is 9.62. The van der Waals surface area contributed by atoms with Crippen LogP contribution in [0.5, 0.6) is 0 Å². The second-order valence-corrected chi connectivity index (χ2v) is 5.03. The van der Waals surface area contributed by atoms with E-state index in [2.05, 4.69) is 10.6 Å². The van der Waals surface area contributed by atoms with Crippen LogP contribution in [0, 0.1) is 11.8 Å². The number of hydrogen-bond donors (Lipinski definition) is 2. The lowest BCUT2D eigenvalue weighted by Crippen LogP contribution is -2.44. The van der Waals surface area contributed by atoms with Crippen LogP contribution in [-0.4, -0.2) is 44.2 Å². The molecular weight excluding hydrogens is 190 g/mol. The third kappa shape index (κ3) is 2.43. The predicted octanol–water partition coefficient (Wildman–Crippen LogP) is 0.646. The maximum absolute atomic E-state index is 11.5. The van der Waals surface area contributed by atoms with Gasteiger partial charge in [-0.3, -0.25) is 0 Å². The Hall–Kier alpha value is -0.770. The minimum Gasteiger partial charge on any atom is -0.335 e. The summed E-state index contributed by atoms with van der Waals surface area (Å²) in [5.41, 5.74) is 0. The summed E-state index contributed by atoms with van der Waals surface area (Å²) in [5, 5.41) is 6.53. The Labute approximate surface area is 91.4 Å². The molecule has 4 heteroatoms. The van der Waals surface area contributed by atoms with Crippen molar-refractivity contribution in [1.29, 1.82) is 0 Å². The van der Waals surface area contributed by atoms with E-state index in [1.165, 1.54) is 13.0 Å². The molecule has 1 saturated carbocycles. The molecule has 0 aromatic carbocycles. The van der Waals surface area contributed by atoms with Crippen LogP contribution in [0.15, 0.2) is 0 Å². The van der Waals surface area contributed by atoms with E-state index in [1.807, 2.05) is 0 Å². The molecule has 86 valence electrons. The number of urea groups is 1. The zero-order valence-corrected chi connectivity index (χ0v) is 9.62. The first-order valence-electron chi connectivity index (χ1n) is 5.85. The van der Waals surface area contributed by atoms with Crippen molar-refractivity contribution in [2.45, 2.75) is 25.3 Å². The molecule has 0 spiro atoms. The smallest absolute Gasteiger partial charge is 0.317 e. The number of amides is 2. The van der Waals surface area contributed by atoms with E-state index in [0.29, 0.717) is 6.04 Å². The van der Waals surface area contributed by atoms with Crippen LogP contribution < -0.4 is 10.6 Å². The first-order chi connectivity index (χ1) is 7.16. The maximum atomic E-state index is 11.5. The number of carbonyl (C=O) groups is 1. The number of nitrogens with one attached hydrogen (secondary N) is 2. The molecule has 1 unspecified atom stereocenters. The third-order valence-electron chi connectivity index (χ3n) is 3.69. The van der Waals surface area contributed by atoms with Gasteiger partial charge in [0.15, 0.2) is 0 Å². The Bertz CT molecular complexity index is 242. The Morgan fingerprint density at radius 2 is 2.00 bits per heavy atom. The molecular formula is C11H21N3O. The van der Waals surface area contributed by atoms with Crippen molar-refractivity contribution >= 4 is 6.03 Å². The van der Waals surface area contributed by atoms with Crippen LogP contribution in [0.4, 0.5) is 4.79 Å². The molecule has 4 nitrogen and oxygen atoms in total. The second-order valence-electron chi connectivity index (χ2n) is 5.03. The predicted molar refractivity (Wildman–Crippen MR) is 59.7 cm³/mol. The fourth-order valence-corrected chi connectivity index (χ4v) is 2.73. The summed E-state index contributed by atoms with van der Waals surface area (Å²) in [7, 11) is 3.58. The summed E-state index contributed by atoms with van der Waals surface area (Å²) in [6.07, 6.45) is 3.55. The lowest BCUT2D eigenvalue weighted by molar-refractivity contribution is 0.196. The van der Waals surface area contributed by atoms with Gasteiger partial charge < -0.3 is 15.5 Å². The van der Waals surface area contributed by atoms with Gasteiger partial charge in [0.05, 0.1) is 0 Å². The van der Waals surface area contributed by atoms with Crippen LogP contribution in [0.3, 0.4) is 0 Å². The number of hydrogen-bond acceptors (Lipinski definition) is 2. The highest BCUT2D eigenvalue weighted by atomic mass is 16.2. The SMILES string of the molecule is CN(C)C(=O)NC1CC[C@H]2CNC[C@H]2C1. The molecule has 2 N–H and O–H groups in total. The summed E-state index contributed by atoms with van der Waals surface area (Å²) in [6.45, 7) is 2.32. The van der Waals surface area contributed by atoms with Gasteiger partial charge in [-0.05, 0) is 44.2 Å². The van der Waals surface area contributed by atoms with Crippen LogP contribution in [0.1, 0.15) is 19.3 Å². The van der Waals surface area contributed by atoms with Crippen molar-refractivity contribution in [2.24, 2.45) is 11.8 Å². The van der Waals surface area contributed by atoms with E-state index in [1.54, 1.807) is 19.0 Å². The summed E-state index contributed by atoms with van der Waals surface area (Å²) >= 11 is 0. The second kappa shape index (κ2) is 4.39. The van der Waals surface area contributed by atoms with Crippen LogP contribution in [0.2, 0.25) is 0 Å². The Morgan fingerprint density at radius 3 is 2.73 bits per heavy atom. The average molecular weight is 211 g/mol. The van der Waals surface area contributed by atoms with Crippen molar-refractivity contribution in [3.63, 3.8) is 0 Å². The Balaban J connectivity index is 1.82. The topological polar surface area (TPSA) is 44.4 Å². The van der Waals surface area contributed by atoms with Crippen molar-refractivity contribution in [3.8, 4) is 0 Å². The van der Waals surface area contributed by atoms with Crippen LogP contribution >= 0.6 is 0 Å². The number of carbonyl (C=O) groups excluding carboxylic acids is 1. The molecule has 0 aromatic rings. The highest BCUT2D eigenvalue weighted by Crippen LogP contribution is 2.32. The molecule has 3 atom stereocenters. The fraction of sp³-hybridized carbons (Fsp3) is 0.909. The molecule has 15 heavy (non-hydrogen) atoms. The van der Waals surface area contributed by atoms with Gasteiger partial charge in [0.25, 0.3) is 0 Å². The standard InChI is InChI=1S/C11H21N3O/c1-14(2)11(15)13-10-4-3-8-6-12-7-9(8)5-10/h8-10,12H,3-7H2,1-2H3,(H,13,15)/t8-,9+,10?/m0/s1. The summed E-state index contributed by atoms with van der Waals surface area (Å²) in [4.78, 5) is 13.1. The van der Waals surface area contributed by atoms with Crippen molar-refractivity contribution < 1.29 is 4.79 Å². The molecule has 0 aromatic heterocycles. The van der Waals surface area contributed by atoms with Gasteiger partial charge in [-0.25, -0.2) is 4.79 Å². The highest BCUT2D eigenvalue weighted by Gasteiger charge is 2.34. The van der Waals surface area contributed by atoms with Crippen LogP contribution in [-0.2, 0) is 0 Å². The normalized spacial score (nSPS) is 34.7. The zero-order chi connectivity index (χ0) is 10.8. The van der Waals surface area contributed by atoms with E-state index in [0.717, 1.165) is 31.2 Å². The molecule has 2 fully saturated rings. The van der Waals surface area contributed by atoms with Crippen molar-refractivity contribution in [1.82, 2.24) is 15.5 Å². The molecule has 1 aliphatic heterocycles. The van der Waals surface area contributed by atoms with E-state index < -0.39 is 0 Å². The lowest BCUT2D eigenvalue weighted by Gasteiger charge is -2.32. The Kier molecular flexibility index (Phi) is 3.14. The quantitative estimate of drug-likeness (QED) is 0.669. The molecule has 1 heterocycles. The van der Waals surface area contributed by atoms with E-state index in [-0.39, 0.29) is 6.03 Å². The van der Waals surface area contributed by atoms with E-state index >= 15 is 0 Å². The van der Waals surface area contributed by atoms with Crippen LogP contribution in [0.25, 0.3) is 0 Å². The first kappa shape index (κ1) is 10.7. The van der Waals surface area contributed by atoms with Gasteiger partial charge in [-0.2, -0.15) is 0 Å². The molecule has 2 aliphatic rings. The van der Waals surface area contributed by atoms with Crippen molar-refractivity contribution in [2.75, 3.05) is 27.2 Å². The van der Waals surface area contributed by atoms with Gasteiger partial charge in [-0.1, -0.05) is 0 Å². The lowest BCUT2D eigenvalue weighted by atomic mass is 9.79. The number of rotatable bonds is 1. The number of fused-ring (bicyclic) bond motifs is 1. The van der Waals surface area contributed by atoms with Gasteiger partial charge in [0, 0.05) is 20.1 Å². The monoisotopic (exact) mass is 211 g/mol. The maximum Gasteiger partial charge on any atom is 0.317 e. The Morgan fingerprint density at radius 1 is 1.27 bits per heavy atom. The molecule has 0 bridgehead atoms.